The Bertz CT molecular complexity index is 245. The van der Waals surface area contributed by atoms with E-state index in [9.17, 15) is 9.90 Å². The van der Waals surface area contributed by atoms with Crippen molar-refractivity contribution in [2.75, 3.05) is 6.54 Å². The highest BCUT2D eigenvalue weighted by molar-refractivity contribution is 5.76. The minimum absolute atomic E-state index is 0.0780. The molecule has 4 N–H and O–H groups in total. The second kappa shape index (κ2) is 7.74. The molecule has 0 aliphatic rings. The number of aliphatic hydroxyl groups excluding tert-OH is 1. The standard InChI is InChI=1S/C14H30N2O2/c1-6-10(7-2)11(17)9-16-13(18)8-12(15)14(3,4)5/h10-12,17H,6-9,15H2,1-5H3,(H,16,18). The van der Waals surface area contributed by atoms with Crippen LogP contribution in [0.15, 0.2) is 0 Å². The lowest BCUT2D eigenvalue weighted by molar-refractivity contribution is -0.122. The number of amides is 1. The molecule has 0 aromatic heterocycles. The molecule has 0 radical (unpaired) electrons. The molecule has 0 aliphatic heterocycles. The Labute approximate surface area is 111 Å². The summed E-state index contributed by atoms with van der Waals surface area (Å²) in [7, 11) is 0. The highest BCUT2D eigenvalue weighted by atomic mass is 16.3. The van der Waals surface area contributed by atoms with Crippen LogP contribution >= 0.6 is 0 Å². The molecular weight excluding hydrogens is 228 g/mol. The molecule has 2 atom stereocenters. The molecule has 108 valence electrons. The third kappa shape index (κ3) is 6.36. The molecule has 0 bridgehead atoms. The van der Waals surface area contributed by atoms with Gasteiger partial charge in [-0.05, 0) is 11.3 Å². The number of aliphatic hydroxyl groups is 1. The van der Waals surface area contributed by atoms with Gasteiger partial charge in [0.25, 0.3) is 0 Å². The number of nitrogens with two attached hydrogens (primary N) is 1. The Morgan fingerprint density at radius 1 is 1.28 bits per heavy atom. The Hall–Kier alpha value is -0.610. The van der Waals surface area contributed by atoms with E-state index in [1.807, 2.05) is 20.8 Å². The van der Waals surface area contributed by atoms with Gasteiger partial charge in [0.1, 0.15) is 0 Å². The maximum absolute atomic E-state index is 11.7. The molecule has 4 heteroatoms. The lowest BCUT2D eigenvalue weighted by atomic mass is 9.85. The van der Waals surface area contributed by atoms with E-state index in [0.717, 1.165) is 12.8 Å². The fourth-order valence-corrected chi connectivity index (χ4v) is 1.80. The predicted octanol–water partition coefficient (Wildman–Crippen LogP) is 1.66. The molecular formula is C14H30N2O2. The Morgan fingerprint density at radius 3 is 2.17 bits per heavy atom. The van der Waals surface area contributed by atoms with Crippen molar-refractivity contribution in [1.29, 1.82) is 0 Å². The Kier molecular flexibility index (Phi) is 7.48. The molecule has 0 aromatic rings. The minimum Gasteiger partial charge on any atom is -0.391 e. The monoisotopic (exact) mass is 258 g/mol. The van der Waals surface area contributed by atoms with Crippen LogP contribution in [0.4, 0.5) is 0 Å². The minimum atomic E-state index is -0.463. The molecule has 0 saturated carbocycles. The van der Waals surface area contributed by atoms with E-state index in [0.29, 0.717) is 13.0 Å². The van der Waals surface area contributed by atoms with Crippen molar-refractivity contribution < 1.29 is 9.90 Å². The zero-order valence-electron chi connectivity index (χ0n) is 12.5. The fraction of sp³-hybridized carbons (Fsp3) is 0.929. The van der Waals surface area contributed by atoms with Gasteiger partial charge in [-0.1, -0.05) is 47.5 Å². The summed E-state index contributed by atoms with van der Waals surface area (Å²) in [4.78, 5) is 11.7. The maximum atomic E-state index is 11.7. The van der Waals surface area contributed by atoms with E-state index in [4.69, 9.17) is 5.73 Å². The summed E-state index contributed by atoms with van der Waals surface area (Å²) in [6.07, 6.45) is 1.69. The molecule has 4 nitrogen and oxygen atoms in total. The van der Waals surface area contributed by atoms with E-state index >= 15 is 0 Å². The second-order valence-corrected chi connectivity index (χ2v) is 6.12. The first kappa shape index (κ1) is 17.4. The van der Waals surface area contributed by atoms with E-state index in [1.165, 1.54) is 0 Å². The van der Waals surface area contributed by atoms with Crippen LogP contribution in [0.25, 0.3) is 0 Å². The van der Waals surface area contributed by atoms with E-state index in [2.05, 4.69) is 19.2 Å². The average molecular weight is 258 g/mol. The smallest absolute Gasteiger partial charge is 0.221 e. The normalized spacial score (nSPS) is 15.6. The molecule has 0 aromatic carbocycles. The molecule has 0 rings (SSSR count). The summed E-state index contributed by atoms with van der Waals surface area (Å²) < 4.78 is 0. The highest BCUT2D eigenvalue weighted by Gasteiger charge is 2.23. The van der Waals surface area contributed by atoms with Crippen molar-refractivity contribution in [3.63, 3.8) is 0 Å². The first-order chi connectivity index (χ1) is 8.22. The highest BCUT2D eigenvalue weighted by Crippen LogP contribution is 2.19. The van der Waals surface area contributed by atoms with Gasteiger partial charge in [-0.15, -0.1) is 0 Å². The molecule has 1 amide bonds. The second-order valence-electron chi connectivity index (χ2n) is 6.12. The van der Waals surface area contributed by atoms with Crippen molar-refractivity contribution in [2.45, 2.75) is 66.0 Å². The van der Waals surface area contributed by atoms with Gasteiger partial charge in [0.15, 0.2) is 0 Å². The lowest BCUT2D eigenvalue weighted by Gasteiger charge is -2.27. The van der Waals surface area contributed by atoms with Crippen LogP contribution in [-0.2, 0) is 4.79 Å². The van der Waals surface area contributed by atoms with Crippen molar-refractivity contribution in [3.05, 3.63) is 0 Å². The van der Waals surface area contributed by atoms with Crippen molar-refractivity contribution >= 4 is 5.91 Å². The van der Waals surface area contributed by atoms with Crippen molar-refractivity contribution in [2.24, 2.45) is 17.1 Å². The Morgan fingerprint density at radius 2 is 1.78 bits per heavy atom. The summed E-state index contributed by atoms with van der Waals surface area (Å²) in [5.74, 6) is 0.170. The van der Waals surface area contributed by atoms with Crippen molar-refractivity contribution in [1.82, 2.24) is 5.32 Å². The van der Waals surface area contributed by atoms with Crippen LogP contribution in [0.1, 0.15) is 53.9 Å². The first-order valence-electron chi connectivity index (χ1n) is 6.92. The van der Waals surface area contributed by atoms with Gasteiger partial charge < -0.3 is 16.2 Å². The number of carbonyl (C=O) groups is 1. The largest absolute Gasteiger partial charge is 0.391 e. The van der Waals surface area contributed by atoms with Crippen LogP contribution < -0.4 is 11.1 Å². The van der Waals surface area contributed by atoms with Crippen molar-refractivity contribution in [3.8, 4) is 0 Å². The molecule has 0 spiro atoms. The molecule has 18 heavy (non-hydrogen) atoms. The molecule has 2 unspecified atom stereocenters. The maximum Gasteiger partial charge on any atom is 0.221 e. The third-order valence-electron chi connectivity index (χ3n) is 3.62. The van der Waals surface area contributed by atoms with Crippen LogP contribution in [0, 0.1) is 11.3 Å². The van der Waals surface area contributed by atoms with Gasteiger partial charge >= 0.3 is 0 Å². The zero-order chi connectivity index (χ0) is 14.3. The predicted molar refractivity (Wildman–Crippen MR) is 75.1 cm³/mol. The lowest BCUT2D eigenvalue weighted by Crippen LogP contribution is -2.42. The zero-order valence-corrected chi connectivity index (χ0v) is 12.5. The summed E-state index contributed by atoms with van der Waals surface area (Å²) in [5.41, 5.74) is 5.87. The molecule has 0 aliphatic carbocycles. The number of hydrogen-bond acceptors (Lipinski definition) is 3. The van der Waals surface area contributed by atoms with E-state index in [-0.39, 0.29) is 23.3 Å². The summed E-state index contributed by atoms with van der Waals surface area (Å²) >= 11 is 0. The average Bonchev–Trinajstić information content (AvgIpc) is 2.26. The number of rotatable bonds is 7. The van der Waals surface area contributed by atoms with Crippen LogP contribution in [0.5, 0.6) is 0 Å². The van der Waals surface area contributed by atoms with Gasteiger partial charge in [-0.25, -0.2) is 0 Å². The number of nitrogens with one attached hydrogen (secondary N) is 1. The van der Waals surface area contributed by atoms with Gasteiger partial charge in [-0.2, -0.15) is 0 Å². The topological polar surface area (TPSA) is 75.3 Å². The summed E-state index contributed by atoms with van der Waals surface area (Å²) in [6, 6.07) is -0.164. The number of carbonyl (C=O) groups excluding carboxylic acids is 1. The van der Waals surface area contributed by atoms with Gasteiger partial charge in [0.05, 0.1) is 6.10 Å². The molecule has 0 saturated heterocycles. The van der Waals surface area contributed by atoms with Gasteiger partial charge in [0.2, 0.25) is 5.91 Å². The van der Waals surface area contributed by atoms with Crippen LogP contribution in [-0.4, -0.2) is 29.7 Å². The first-order valence-corrected chi connectivity index (χ1v) is 6.92. The van der Waals surface area contributed by atoms with Crippen LogP contribution in [0.3, 0.4) is 0 Å². The molecule has 0 fully saturated rings. The van der Waals surface area contributed by atoms with Gasteiger partial charge in [0, 0.05) is 19.0 Å². The third-order valence-corrected chi connectivity index (χ3v) is 3.62. The summed E-state index contributed by atoms with van der Waals surface area (Å²) in [6.45, 7) is 10.5. The fourth-order valence-electron chi connectivity index (χ4n) is 1.80. The molecule has 0 heterocycles. The number of hydrogen-bond donors (Lipinski definition) is 3. The summed E-state index contributed by atoms with van der Waals surface area (Å²) in [5, 5.41) is 12.7. The van der Waals surface area contributed by atoms with E-state index < -0.39 is 6.10 Å². The quantitative estimate of drug-likeness (QED) is 0.650. The SMILES string of the molecule is CCC(CC)C(O)CNC(=O)CC(N)C(C)(C)C. The Balaban J connectivity index is 4.04. The van der Waals surface area contributed by atoms with Gasteiger partial charge in [-0.3, -0.25) is 4.79 Å². The van der Waals surface area contributed by atoms with E-state index in [1.54, 1.807) is 0 Å². The van der Waals surface area contributed by atoms with Crippen LogP contribution in [0.2, 0.25) is 0 Å².